The molecule has 4 aliphatic rings. The van der Waals surface area contributed by atoms with Crippen molar-refractivity contribution in [1.29, 1.82) is 5.41 Å². The second kappa shape index (κ2) is 27.0. The number of likely N-dealkylation sites (tertiary alicyclic amines) is 3. The molecule has 8 N–H and O–H groups in total. The Labute approximate surface area is 466 Å². The van der Waals surface area contributed by atoms with E-state index in [1.165, 1.54) is 12.1 Å². The molecule has 0 aliphatic carbocycles. The lowest BCUT2D eigenvalue weighted by atomic mass is 9.82. The van der Waals surface area contributed by atoms with E-state index >= 15 is 8.78 Å². The van der Waals surface area contributed by atoms with Crippen LogP contribution in [0, 0.1) is 34.8 Å². The van der Waals surface area contributed by atoms with Crippen LogP contribution in [0.1, 0.15) is 161 Å². The van der Waals surface area contributed by atoms with E-state index in [1.807, 2.05) is 57.2 Å². The number of piperidine rings is 2. The summed E-state index contributed by atoms with van der Waals surface area (Å²) >= 11 is 1.60. The van der Waals surface area contributed by atoms with Crippen molar-refractivity contribution in [1.82, 2.24) is 46.4 Å². The minimum atomic E-state index is -0.751. The molecule has 0 radical (unpaired) electrons. The molecule has 4 saturated heterocycles. The van der Waals surface area contributed by atoms with Gasteiger partial charge in [0, 0.05) is 63.4 Å². The third-order valence-corrected chi connectivity index (χ3v) is 17.4. The van der Waals surface area contributed by atoms with Gasteiger partial charge in [-0.15, -0.1) is 11.3 Å². The summed E-state index contributed by atoms with van der Waals surface area (Å²) in [5.74, 6) is 4.93. The highest BCUT2D eigenvalue weighted by Crippen LogP contribution is 2.35. The van der Waals surface area contributed by atoms with E-state index < -0.39 is 34.7 Å². The van der Waals surface area contributed by atoms with Crippen LogP contribution in [0.2, 0.25) is 0 Å². The van der Waals surface area contributed by atoms with Crippen molar-refractivity contribution in [3.63, 3.8) is 0 Å². The Bertz CT molecular complexity index is 2560. The molecule has 1 unspecified atom stereocenters. The van der Waals surface area contributed by atoms with E-state index in [-0.39, 0.29) is 53.2 Å². The largest absolute Gasteiger partial charge is 0.371 e. The molecule has 7 rings (SSSR count). The molecular weight excluding hydrogens is 1010 g/mol. The first-order valence-electron chi connectivity index (χ1n) is 28.6. The Hall–Kier alpha value is -5.66. The fourth-order valence-electron chi connectivity index (χ4n) is 11.4. The van der Waals surface area contributed by atoms with E-state index in [1.54, 1.807) is 27.2 Å². The van der Waals surface area contributed by atoms with Crippen LogP contribution in [0.3, 0.4) is 0 Å². The third kappa shape index (κ3) is 16.2. The summed E-state index contributed by atoms with van der Waals surface area (Å²) in [6, 6.07) is 9.11. The highest BCUT2D eigenvalue weighted by Gasteiger charge is 2.44. The number of carbonyl (C=O) groups excluding carboxylic acids is 4. The first kappa shape index (κ1) is 60.0. The summed E-state index contributed by atoms with van der Waals surface area (Å²) in [7, 11) is 0. The normalized spacial score (nSPS) is 19.6. The first-order chi connectivity index (χ1) is 37.1. The van der Waals surface area contributed by atoms with Gasteiger partial charge in [-0.1, -0.05) is 97.4 Å². The molecule has 4 amide bonds. The Morgan fingerprint density at radius 2 is 1.59 bits per heavy atom. The summed E-state index contributed by atoms with van der Waals surface area (Å²) < 4.78 is 31.2. The van der Waals surface area contributed by atoms with E-state index in [2.05, 4.69) is 62.6 Å². The maximum Gasteiger partial charge on any atom is 0.246 e. The van der Waals surface area contributed by atoms with Crippen molar-refractivity contribution < 1.29 is 28.0 Å². The van der Waals surface area contributed by atoms with Crippen LogP contribution in [0.25, 0.3) is 10.4 Å². The molecule has 0 saturated carbocycles. The second-order valence-corrected chi connectivity index (χ2v) is 25.1. The van der Waals surface area contributed by atoms with E-state index in [0.29, 0.717) is 76.3 Å². The molecular formula is C59H88F2N12O4S. The van der Waals surface area contributed by atoms with Crippen molar-refractivity contribution in [2.24, 2.45) is 16.7 Å². The van der Waals surface area contributed by atoms with Gasteiger partial charge in [-0.2, -0.15) is 0 Å². The van der Waals surface area contributed by atoms with Gasteiger partial charge in [-0.25, -0.2) is 19.6 Å². The van der Waals surface area contributed by atoms with E-state index in [9.17, 15) is 19.2 Å². The number of thiazole rings is 1. The Morgan fingerprint density at radius 3 is 2.23 bits per heavy atom. The molecule has 0 bridgehead atoms. The number of piperazine rings is 1. The monoisotopic (exact) mass is 1100 g/mol. The standard InChI is InChI=1S/C59H88F2N12O4S/c1-40(42-19-21-43(22-20-42)53-41(2)65-39-78-53)66-55(76)47-17-16-28-73(47)56(77)54(57(3,4)5)67-51(74)18-14-12-10-8-9-11-13-15-27-64-50(69-63)35-49(62)71-31-25-59(26-32-71)38-72(37-52(75)68-59)48-34-45(60)44(33-46(48)61)36-70-29-23-58(6,7)24-30-70/h19-22,33-35,39-40,47,54,62,64,69H,8-18,23-32,36-38,63H2,1-7H3,(H,66,76)(H,67,74)(H,68,75)/b50-35-,62-49?/t40?,47-,54+/m0/s1. The van der Waals surface area contributed by atoms with Gasteiger partial charge in [-0.3, -0.25) is 29.5 Å². The predicted octanol–water partition coefficient (Wildman–Crippen LogP) is 8.57. The van der Waals surface area contributed by atoms with Crippen LogP contribution >= 0.6 is 11.3 Å². The molecule has 78 heavy (non-hydrogen) atoms. The number of aromatic nitrogens is 1. The molecule has 3 atom stereocenters. The zero-order valence-electron chi connectivity index (χ0n) is 47.4. The van der Waals surface area contributed by atoms with Crippen LogP contribution < -0.4 is 37.4 Å². The maximum absolute atomic E-state index is 15.7. The molecule has 16 nitrogen and oxygen atoms in total. The summed E-state index contributed by atoms with van der Waals surface area (Å²) in [5, 5.41) is 21.5. The molecule has 4 aliphatic heterocycles. The number of nitrogens with one attached hydrogen (secondary N) is 6. The molecule has 3 aromatic rings. The van der Waals surface area contributed by atoms with Gasteiger partial charge in [0.15, 0.2) is 0 Å². The van der Waals surface area contributed by atoms with Gasteiger partial charge in [0.05, 0.1) is 39.9 Å². The lowest BCUT2D eigenvalue weighted by Crippen LogP contribution is -2.66. The number of nitrogens with zero attached hydrogens (tertiary/aromatic N) is 5. The van der Waals surface area contributed by atoms with Crippen molar-refractivity contribution in [2.75, 3.05) is 57.3 Å². The third-order valence-electron chi connectivity index (χ3n) is 16.5. The number of hydrogen-bond acceptors (Lipinski definition) is 12. The van der Waals surface area contributed by atoms with Gasteiger partial charge in [0.25, 0.3) is 0 Å². The number of rotatable bonds is 23. The van der Waals surface area contributed by atoms with Crippen LogP contribution in [0.15, 0.2) is 53.8 Å². The minimum absolute atomic E-state index is 0.0517. The zero-order valence-corrected chi connectivity index (χ0v) is 48.2. The van der Waals surface area contributed by atoms with Gasteiger partial charge >= 0.3 is 0 Å². The summed E-state index contributed by atoms with van der Waals surface area (Å²) in [6.07, 6.45) is 14.3. The maximum atomic E-state index is 15.7. The van der Waals surface area contributed by atoms with Crippen molar-refractivity contribution in [3.8, 4) is 10.4 Å². The van der Waals surface area contributed by atoms with Crippen molar-refractivity contribution >= 4 is 46.5 Å². The quantitative estimate of drug-likeness (QED) is 0.0158. The topological polar surface area (TPSA) is 204 Å². The highest BCUT2D eigenvalue weighted by molar-refractivity contribution is 7.13. The van der Waals surface area contributed by atoms with Crippen LogP contribution in [0.4, 0.5) is 14.5 Å². The van der Waals surface area contributed by atoms with Gasteiger partial charge in [0.1, 0.15) is 35.4 Å². The average molecular weight is 1100 g/mol. The number of anilines is 1. The molecule has 2 aromatic carbocycles. The number of amides is 4. The first-order valence-corrected chi connectivity index (χ1v) is 29.4. The minimum Gasteiger partial charge on any atom is -0.371 e. The number of amidine groups is 1. The Morgan fingerprint density at radius 1 is 0.923 bits per heavy atom. The molecule has 1 spiro atoms. The number of unbranched alkanes of at least 4 members (excludes halogenated alkanes) is 7. The molecule has 1 aromatic heterocycles. The molecule has 19 heteroatoms. The average Bonchev–Trinajstić information content (AvgIpc) is 4.16. The van der Waals surface area contributed by atoms with Crippen molar-refractivity contribution in [3.05, 3.63) is 82.3 Å². The number of halogens is 2. The Kier molecular flexibility index (Phi) is 20.8. The van der Waals surface area contributed by atoms with Crippen molar-refractivity contribution in [2.45, 2.75) is 175 Å². The lowest BCUT2D eigenvalue weighted by molar-refractivity contribution is -0.144. The number of nitrogens with two attached hydrogens (primary N) is 1. The lowest BCUT2D eigenvalue weighted by Gasteiger charge is -2.48. The van der Waals surface area contributed by atoms with Gasteiger partial charge in [-0.05, 0) is 106 Å². The number of hydrazine groups is 1. The van der Waals surface area contributed by atoms with E-state index in [4.69, 9.17) is 11.3 Å². The number of benzene rings is 2. The van der Waals surface area contributed by atoms with Crippen LogP contribution in [0.5, 0.6) is 0 Å². The van der Waals surface area contributed by atoms with Crippen LogP contribution in [-0.2, 0) is 25.7 Å². The Balaban J connectivity index is 0.752. The SMILES string of the molecule is Cc1ncsc1-c1ccc(C(C)NC(=O)[C@@H]2CCCN2C(=O)[C@@H](NC(=O)CCCCCCCCCCN/C(=C/C(=N)N2CCC3(CC2)CN(c2cc(F)c(CN4CCC(C)(C)CC4)cc2F)CC(=O)N3)NN)C(C)(C)C)cc1. The number of aryl methyl sites for hydroxylation is 1. The number of hydrogen-bond donors (Lipinski definition) is 7. The fraction of sp³-hybridized carbons (Fsp3) is 0.627. The summed E-state index contributed by atoms with van der Waals surface area (Å²) in [5.41, 5.74) is 7.11. The van der Waals surface area contributed by atoms with Crippen LogP contribution in [-0.4, -0.2) is 119 Å². The molecule has 428 valence electrons. The van der Waals surface area contributed by atoms with Gasteiger partial charge < -0.3 is 41.4 Å². The zero-order chi connectivity index (χ0) is 56.2. The predicted molar refractivity (Wildman–Crippen MR) is 306 cm³/mol. The molecule has 5 heterocycles. The van der Waals surface area contributed by atoms with E-state index in [0.717, 1.165) is 105 Å². The summed E-state index contributed by atoms with van der Waals surface area (Å²) in [4.78, 5) is 67.0. The highest BCUT2D eigenvalue weighted by atomic mass is 32.1. The van der Waals surface area contributed by atoms with Gasteiger partial charge in [0.2, 0.25) is 23.6 Å². The number of carbonyl (C=O) groups is 4. The summed E-state index contributed by atoms with van der Waals surface area (Å²) in [6.45, 7) is 18.8. The smallest absolute Gasteiger partial charge is 0.246 e. The molecule has 4 fully saturated rings. The fourth-order valence-corrected chi connectivity index (χ4v) is 12.2. The second-order valence-electron chi connectivity index (χ2n) is 24.3.